The molecule has 0 aliphatic rings. The summed E-state index contributed by atoms with van der Waals surface area (Å²) in [5.41, 5.74) is 10.9. The topological polar surface area (TPSA) is 38.0 Å². The molecule has 2 rings (SSSR count). The molecule has 0 spiro atoms. The second kappa shape index (κ2) is 5.21. The highest BCUT2D eigenvalue weighted by Crippen LogP contribution is 2.31. The van der Waals surface area contributed by atoms with E-state index in [0.29, 0.717) is 10.7 Å². The van der Waals surface area contributed by atoms with Crippen LogP contribution >= 0.6 is 27.5 Å². The molecule has 2 aromatic rings. The van der Waals surface area contributed by atoms with Gasteiger partial charge in [0.05, 0.1) is 11.4 Å². The van der Waals surface area contributed by atoms with Crippen LogP contribution in [0.2, 0.25) is 5.02 Å². The van der Waals surface area contributed by atoms with E-state index in [9.17, 15) is 0 Å². The third-order valence-electron chi connectivity index (χ3n) is 2.77. The SMILES string of the molecule is Cc1cc(Br)cc(C)c1Nc1ccc(Cl)cc1N. The molecule has 2 aromatic carbocycles. The zero-order valence-electron chi connectivity index (χ0n) is 10.2. The molecule has 0 radical (unpaired) electrons. The number of rotatable bonds is 2. The standard InChI is InChI=1S/C14H14BrClN2/c1-8-5-10(15)6-9(2)14(8)18-13-4-3-11(16)7-12(13)17/h3-7,18H,17H2,1-2H3. The van der Waals surface area contributed by atoms with Gasteiger partial charge in [-0.3, -0.25) is 0 Å². The van der Waals surface area contributed by atoms with Crippen LogP contribution in [0.25, 0.3) is 0 Å². The molecular weight excluding hydrogens is 312 g/mol. The van der Waals surface area contributed by atoms with Gasteiger partial charge < -0.3 is 11.1 Å². The average Bonchev–Trinajstić information content (AvgIpc) is 2.25. The fraction of sp³-hybridized carbons (Fsp3) is 0.143. The van der Waals surface area contributed by atoms with Crippen molar-refractivity contribution >= 4 is 44.6 Å². The van der Waals surface area contributed by atoms with Gasteiger partial charge in [-0.1, -0.05) is 27.5 Å². The van der Waals surface area contributed by atoms with Crippen molar-refractivity contribution in [2.45, 2.75) is 13.8 Å². The summed E-state index contributed by atoms with van der Waals surface area (Å²) in [5.74, 6) is 0. The molecule has 3 N–H and O–H groups in total. The number of nitrogen functional groups attached to an aromatic ring is 1. The van der Waals surface area contributed by atoms with Gasteiger partial charge in [-0.2, -0.15) is 0 Å². The molecule has 0 aromatic heterocycles. The van der Waals surface area contributed by atoms with Crippen LogP contribution in [0, 0.1) is 13.8 Å². The molecule has 0 aliphatic heterocycles. The molecule has 0 fully saturated rings. The van der Waals surface area contributed by atoms with E-state index in [0.717, 1.165) is 27.0 Å². The van der Waals surface area contributed by atoms with E-state index in [2.05, 4.69) is 47.2 Å². The summed E-state index contributed by atoms with van der Waals surface area (Å²) in [6.45, 7) is 4.12. The van der Waals surface area contributed by atoms with Crippen molar-refractivity contribution in [2.24, 2.45) is 0 Å². The van der Waals surface area contributed by atoms with E-state index in [4.69, 9.17) is 17.3 Å². The van der Waals surface area contributed by atoms with Gasteiger partial charge in [0, 0.05) is 15.2 Å². The fourth-order valence-corrected chi connectivity index (χ4v) is 2.76. The molecule has 18 heavy (non-hydrogen) atoms. The molecular formula is C14H14BrClN2. The van der Waals surface area contributed by atoms with Crippen molar-refractivity contribution in [3.63, 3.8) is 0 Å². The number of benzene rings is 2. The minimum atomic E-state index is 0.641. The van der Waals surface area contributed by atoms with Crippen LogP contribution in [-0.4, -0.2) is 0 Å². The van der Waals surface area contributed by atoms with E-state index in [1.54, 1.807) is 6.07 Å². The van der Waals surface area contributed by atoms with Gasteiger partial charge in [-0.25, -0.2) is 0 Å². The lowest BCUT2D eigenvalue weighted by molar-refractivity contribution is 1.34. The Bertz CT molecular complexity index is 573. The zero-order chi connectivity index (χ0) is 13.3. The number of hydrogen-bond acceptors (Lipinski definition) is 2. The van der Waals surface area contributed by atoms with E-state index in [1.807, 2.05) is 12.1 Å². The second-order valence-corrected chi connectivity index (χ2v) is 5.62. The molecule has 0 atom stereocenters. The Morgan fingerprint density at radius 1 is 1.11 bits per heavy atom. The maximum absolute atomic E-state index is 5.94. The monoisotopic (exact) mass is 324 g/mol. The maximum Gasteiger partial charge on any atom is 0.0619 e. The normalized spacial score (nSPS) is 10.4. The zero-order valence-corrected chi connectivity index (χ0v) is 12.6. The van der Waals surface area contributed by atoms with Crippen LogP contribution in [0.1, 0.15) is 11.1 Å². The van der Waals surface area contributed by atoms with Gasteiger partial charge in [-0.15, -0.1) is 0 Å². The number of nitrogens with two attached hydrogens (primary N) is 1. The van der Waals surface area contributed by atoms with E-state index >= 15 is 0 Å². The third-order valence-corrected chi connectivity index (χ3v) is 3.46. The predicted octanol–water partition coefficient (Wildman–Crippen LogP) is 5.05. The van der Waals surface area contributed by atoms with E-state index < -0.39 is 0 Å². The van der Waals surface area contributed by atoms with E-state index in [1.165, 1.54) is 0 Å². The van der Waals surface area contributed by atoms with E-state index in [-0.39, 0.29) is 0 Å². The van der Waals surface area contributed by atoms with Gasteiger partial charge in [0.25, 0.3) is 0 Å². The lowest BCUT2D eigenvalue weighted by Gasteiger charge is -2.15. The first-order valence-corrected chi connectivity index (χ1v) is 6.73. The average molecular weight is 326 g/mol. The summed E-state index contributed by atoms with van der Waals surface area (Å²) in [4.78, 5) is 0. The minimum absolute atomic E-state index is 0.641. The number of halogens is 2. The van der Waals surface area contributed by atoms with Gasteiger partial charge in [0.2, 0.25) is 0 Å². The number of aryl methyl sites for hydroxylation is 2. The quantitative estimate of drug-likeness (QED) is 0.759. The lowest BCUT2D eigenvalue weighted by atomic mass is 10.1. The van der Waals surface area contributed by atoms with Crippen molar-refractivity contribution in [1.29, 1.82) is 0 Å². The third kappa shape index (κ3) is 2.79. The molecule has 0 amide bonds. The smallest absolute Gasteiger partial charge is 0.0619 e. The first-order chi connectivity index (χ1) is 8.47. The van der Waals surface area contributed by atoms with Crippen LogP contribution in [0.4, 0.5) is 17.1 Å². The number of anilines is 3. The Labute approximate surface area is 120 Å². The van der Waals surface area contributed by atoms with Crippen molar-refractivity contribution in [3.8, 4) is 0 Å². The Morgan fingerprint density at radius 2 is 1.72 bits per heavy atom. The van der Waals surface area contributed by atoms with Crippen molar-refractivity contribution < 1.29 is 0 Å². The van der Waals surface area contributed by atoms with Gasteiger partial charge in [0.1, 0.15) is 0 Å². The summed E-state index contributed by atoms with van der Waals surface area (Å²) in [6, 6.07) is 9.60. The summed E-state index contributed by atoms with van der Waals surface area (Å²) in [7, 11) is 0. The molecule has 0 aliphatic carbocycles. The van der Waals surface area contributed by atoms with Gasteiger partial charge in [-0.05, 0) is 55.3 Å². The molecule has 94 valence electrons. The Hall–Kier alpha value is -1.19. The number of hydrogen-bond donors (Lipinski definition) is 2. The Balaban J connectivity index is 2.40. The molecule has 0 saturated carbocycles. The highest BCUT2D eigenvalue weighted by atomic mass is 79.9. The Morgan fingerprint density at radius 3 is 2.28 bits per heavy atom. The van der Waals surface area contributed by atoms with Crippen molar-refractivity contribution in [2.75, 3.05) is 11.1 Å². The highest BCUT2D eigenvalue weighted by molar-refractivity contribution is 9.10. The molecule has 0 saturated heterocycles. The Kier molecular flexibility index (Phi) is 3.83. The maximum atomic E-state index is 5.94. The molecule has 2 nitrogen and oxygen atoms in total. The lowest BCUT2D eigenvalue weighted by Crippen LogP contribution is -1.99. The fourth-order valence-electron chi connectivity index (χ4n) is 1.89. The van der Waals surface area contributed by atoms with Crippen LogP contribution in [0.3, 0.4) is 0 Å². The minimum Gasteiger partial charge on any atom is -0.397 e. The molecule has 4 heteroatoms. The van der Waals surface area contributed by atoms with Gasteiger partial charge >= 0.3 is 0 Å². The van der Waals surface area contributed by atoms with Gasteiger partial charge in [0.15, 0.2) is 0 Å². The molecule has 0 bridgehead atoms. The first kappa shape index (κ1) is 13.2. The molecule has 0 heterocycles. The predicted molar refractivity (Wildman–Crippen MR) is 82.8 cm³/mol. The second-order valence-electron chi connectivity index (χ2n) is 4.27. The highest BCUT2D eigenvalue weighted by Gasteiger charge is 2.06. The largest absolute Gasteiger partial charge is 0.397 e. The summed E-state index contributed by atoms with van der Waals surface area (Å²) in [5, 5.41) is 4.00. The van der Waals surface area contributed by atoms with Crippen LogP contribution in [-0.2, 0) is 0 Å². The molecule has 0 unspecified atom stereocenters. The summed E-state index contributed by atoms with van der Waals surface area (Å²) < 4.78 is 1.08. The van der Waals surface area contributed by atoms with Crippen molar-refractivity contribution in [1.82, 2.24) is 0 Å². The first-order valence-electron chi connectivity index (χ1n) is 5.56. The van der Waals surface area contributed by atoms with Crippen LogP contribution in [0.15, 0.2) is 34.8 Å². The van der Waals surface area contributed by atoms with Crippen LogP contribution < -0.4 is 11.1 Å². The van der Waals surface area contributed by atoms with Crippen molar-refractivity contribution in [3.05, 3.63) is 51.0 Å². The summed E-state index contributed by atoms with van der Waals surface area (Å²) >= 11 is 9.38. The van der Waals surface area contributed by atoms with Crippen LogP contribution in [0.5, 0.6) is 0 Å². The summed E-state index contributed by atoms with van der Waals surface area (Å²) in [6.07, 6.45) is 0. The number of nitrogens with one attached hydrogen (secondary N) is 1.